The standard InChI is InChI=1S/C21H29N2O2/c1-4-14-13-23(2)10-8-15(14)11-20(23)21(24)17-7-9-22-19-6-5-16(25-3)12-18(17)19/h5-7,9,12,14-15,20-21,24H,4,8,10-11,13H2,1-3H3/q+1/t14?,15?,20?,21-,23?/m1/s1. The summed E-state index contributed by atoms with van der Waals surface area (Å²) in [6.45, 7) is 4.71. The van der Waals surface area contributed by atoms with E-state index < -0.39 is 6.10 Å². The first-order valence-electron chi connectivity index (χ1n) is 9.50. The number of rotatable bonds is 4. The Morgan fingerprint density at radius 1 is 1.36 bits per heavy atom. The maximum absolute atomic E-state index is 11.4. The average Bonchev–Trinajstić information content (AvgIpc) is 2.66. The van der Waals surface area contributed by atoms with Crippen molar-refractivity contribution in [2.75, 3.05) is 27.2 Å². The Kier molecular flexibility index (Phi) is 4.20. The van der Waals surface area contributed by atoms with Crippen LogP contribution in [-0.2, 0) is 0 Å². The first kappa shape index (κ1) is 16.8. The molecule has 2 aromatic rings. The Labute approximate surface area is 150 Å². The molecule has 4 heterocycles. The molecule has 0 amide bonds. The van der Waals surface area contributed by atoms with Gasteiger partial charge in [-0.15, -0.1) is 0 Å². The zero-order valence-corrected chi connectivity index (χ0v) is 15.5. The van der Waals surface area contributed by atoms with Gasteiger partial charge in [0.05, 0.1) is 32.8 Å². The molecule has 1 aromatic heterocycles. The van der Waals surface area contributed by atoms with Gasteiger partial charge in [0.15, 0.2) is 0 Å². The second-order valence-corrected chi connectivity index (χ2v) is 8.13. The summed E-state index contributed by atoms with van der Waals surface area (Å²) >= 11 is 0. The first-order valence-corrected chi connectivity index (χ1v) is 9.50. The topological polar surface area (TPSA) is 42.4 Å². The summed E-state index contributed by atoms with van der Waals surface area (Å²) in [5.41, 5.74) is 1.91. The van der Waals surface area contributed by atoms with Gasteiger partial charge < -0.3 is 14.3 Å². The number of aliphatic hydroxyl groups is 1. The highest BCUT2D eigenvalue weighted by molar-refractivity contribution is 5.83. The van der Waals surface area contributed by atoms with Gasteiger partial charge in [0.25, 0.3) is 0 Å². The Balaban J connectivity index is 1.72. The number of nitrogens with zero attached hydrogens (tertiary/aromatic N) is 2. The highest BCUT2D eigenvalue weighted by Crippen LogP contribution is 2.46. The number of quaternary nitrogens is 1. The van der Waals surface area contributed by atoms with Crippen LogP contribution in [0.2, 0.25) is 0 Å². The van der Waals surface area contributed by atoms with E-state index in [1.54, 1.807) is 7.11 Å². The van der Waals surface area contributed by atoms with Crippen LogP contribution < -0.4 is 4.74 Å². The van der Waals surface area contributed by atoms with E-state index in [1.807, 2.05) is 30.5 Å². The molecule has 3 saturated heterocycles. The zero-order chi connectivity index (χ0) is 17.6. The molecule has 134 valence electrons. The van der Waals surface area contributed by atoms with Crippen LogP contribution in [0.3, 0.4) is 0 Å². The van der Waals surface area contributed by atoms with E-state index >= 15 is 0 Å². The van der Waals surface area contributed by atoms with Gasteiger partial charge in [0.1, 0.15) is 17.9 Å². The van der Waals surface area contributed by atoms with Gasteiger partial charge >= 0.3 is 0 Å². The molecule has 1 aromatic carbocycles. The zero-order valence-electron chi connectivity index (χ0n) is 15.5. The number of aliphatic hydroxyl groups excluding tert-OH is 1. The number of likely N-dealkylation sites (N-methyl/N-ethyl adjacent to an activating group) is 1. The van der Waals surface area contributed by atoms with Crippen molar-refractivity contribution in [1.29, 1.82) is 0 Å². The average molecular weight is 341 g/mol. The third-order valence-corrected chi connectivity index (χ3v) is 6.86. The Morgan fingerprint density at radius 2 is 2.20 bits per heavy atom. The van der Waals surface area contributed by atoms with Crippen LogP contribution >= 0.6 is 0 Å². The molecule has 25 heavy (non-hydrogen) atoms. The fourth-order valence-corrected chi connectivity index (χ4v) is 5.32. The van der Waals surface area contributed by atoms with Gasteiger partial charge in [-0.25, -0.2) is 0 Å². The van der Waals surface area contributed by atoms with Gasteiger partial charge in [0, 0.05) is 30.3 Å². The quantitative estimate of drug-likeness (QED) is 0.865. The molecule has 5 atom stereocenters. The van der Waals surface area contributed by atoms with Crippen molar-refractivity contribution in [2.45, 2.75) is 38.3 Å². The molecule has 4 unspecified atom stereocenters. The summed E-state index contributed by atoms with van der Waals surface area (Å²) in [5.74, 6) is 2.40. The van der Waals surface area contributed by atoms with Gasteiger partial charge in [-0.3, -0.25) is 4.98 Å². The molecule has 4 nitrogen and oxygen atoms in total. The fraction of sp³-hybridized carbons (Fsp3) is 0.571. The lowest BCUT2D eigenvalue weighted by Gasteiger charge is -2.56. The van der Waals surface area contributed by atoms with Crippen molar-refractivity contribution in [1.82, 2.24) is 4.98 Å². The number of fused-ring (bicyclic) bond motifs is 4. The summed E-state index contributed by atoms with van der Waals surface area (Å²) in [5, 5.41) is 12.4. The van der Waals surface area contributed by atoms with Crippen LogP contribution in [0.15, 0.2) is 30.5 Å². The maximum atomic E-state index is 11.4. The highest BCUT2D eigenvalue weighted by Gasteiger charge is 2.51. The molecular weight excluding hydrogens is 312 g/mol. The molecule has 3 aliphatic rings. The Morgan fingerprint density at radius 3 is 2.92 bits per heavy atom. The van der Waals surface area contributed by atoms with Crippen molar-refractivity contribution < 1.29 is 14.3 Å². The predicted molar refractivity (Wildman–Crippen MR) is 99.5 cm³/mol. The number of hydrogen-bond donors (Lipinski definition) is 1. The monoisotopic (exact) mass is 341 g/mol. The number of aromatic nitrogens is 1. The predicted octanol–water partition coefficient (Wildman–Crippen LogP) is 3.54. The lowest BCUT2D eigenvalue weighted by molar-refractivity contribution is -0.957. The minimum absolute atomic E-state index is 0.276. The van der Waals surface area contributed by atoms with E-state index in [1.165, 1.54) is 25.9 Å². The van der Waals surface area contributed by atoms with Crippen LogP contribution in [0.25, 0.3) is 10.9 Å². The van der Waals surface area contributed by atoms with Gasteiger partial charge in [-0.2, -0.15) is 0 Å². The van der Waals surface area contributed by atoms with E-state index in [-0.39, 0.29) is 6.04 Å². The lowest BCUT2D eigenvalue weighted by Crippen LogP contribution is -2.66. The first-order chi connectivity index (χ1) is 12.1. The molecule has 3 aliphatic heterocycles. The third-order valence-electron chi connectivity index (χ3n) is 6.86. The van der Waals surface area contributed by atoms with Crippen LogP contribution in [0.5, 0.6) is 5.75 Å². The molecular formula is C21H29N2O2+. The number of hydrogen-bond acceptors (Lipinski definition) is 3. The van der Waals surface area contributed by atoms with Gasteiger partial charge in [0.2, 0.25) is 0 Å². The van der Waals surface area contributed by atoms with Crippen LogP contribution in [-0.4, -0.2) is 47.9 Å². The van der Waals surface area contributed by atoms with E-state index in [0.29, 0.717) is 0 Å². The summed E-state index contributed by atoms with van der Waals surface area (Å²) in [6, 6.07) is 8.17. The summed E-state index contributed by atoms with van der Waals surface area (Å²) in [7, 11) is 4.02. The highest BCUT2D eigenvalue weighted by atomic mass is 16.5. The van der Waals surface area contributed by atoms with Crippen LogP contribution in [0.1, 0.15) is 37.9 Å². The van der Waals surface area contributed by atoms with Crippen molar-refractivity contribution in [2.24, 2.45) is 11.8 Å². The minimum atomic E-state index is -0.455. The normalized spacial score (nSPS) is 32.7. The number of ether oxygens (including phenoxy) is 1. The SMILES string of the molecule is CCC1C[N+]2(C)CCC1CC2[C@H](O)c1ccnc2ccc(OC)cc12. The van der Waals surface area contributed by atoms with E-state index in [2.05, 4.69) is 19.0 Å². The second kappa shape index (κ2) is 6.26. The third kappa shape index (κ3) is 2.72. The number of piperidine rings is 3. The Bertz CT molecular complexity index is 778. The minimum Gasteiger partial charge on any atom is -0.497 e. The molecule has 0 spiro atoms. The molecule has 4 heteroatoms. The van der Waals surface area contributed by atoms with Crippen LogP contribution in [0, 0.1) is 11.8 Å². The smallest absolute Gasteiger partial charge is 0.131 e. The lowest BCUT2D eigenvalue weighted by atomic mass is 9.71. The largest absolute Gasteiger partial charge is 0.497 e. The van der Waals surface area contributed by atoms with Gasteiger partial charge in [-0.05, 0) is 42.2 Å². The molecule has 3 fully saturated rings. The molecule has 1 N–H and O–H groups in total. The van der Waals surface area contributed by atoms with Crippen molar-refractivity contribution in [3.63, 3.8) is 0 Å². The fourth-order valence-electron chi connectivity index (χ4n) is 5.32. The van der Waals surface area contributed by atoms with E-state index in [0.717, 1.165) is 45.0 Å². The van der Waals surface area contributed by atoms with Crippen LogP contribution in [0.4, 0.5) is 0 Å². The number of benzene rings is 1. The molecule has 0 radical (unpaired) electrons. The van der Waals surface area contributed by atoms with E-state index in [9.17, 15) is 5.11 Å². The molecule has 0 aliphatic carbocycles. The van der Waals surface area contributed by atoms with Crippen molar-refractivity contribution in [3.8, 4) is 5.75 Å². The summed E-state index contributed by atoms with van der Waals surface area (Å²) in [6.07, 6.45) is 5.06. The van der Waals surface area contributed by atoms with Gasteiger partial charge in [-0.1, -0.05) is 6.92 Å². The maximum Gasteiger partial charge on any atom is 0.131 e. The molecule has 0 saturated carbocycles. The van der Waals surface area contributed by atoms with Crippen molar-refractivity contribution in [3.05, 3.63) is 36.0 Å². The van der Waals surface area contributed by atoms with E-state index in [4.69, 9.17) is 4.74 Å². The Hall–Kier alpha value is -1.65. The number of methoxy groups -OCH3 is 1. The summed E-state index contributed by atoms with van der Waals surface area (Å²) in [4.78, 5) is 4.46. The molecule has 2 bridgehead atoms. The number of pyridine rings is 1. The second-order valence-electron chi connectivity index (χ2n) is 8.13. The molecule has 5 rings (SSSR count). The summed E-state index contributed by atoms with van der Waals surface area (Å²) < 4.78 is 6.39. The van der Waals surface area contributed by atoms with Crippen molar-refractivity contribution >= 4 is 10.9 Å².